The number of carbonyl (C=O) groups excluding carboxylic acids is 1. The molecule has 0 radical (unpaired) electrons. The molecule has 1 aliphatic heterocycles. The lowest BCUT2D eigenvalue weighted by molar-refractivity contribution is -0.130. The van der Waals surface area contributed by atoms with Crippen molar-refractivity contribution < 1.29 is 13.9 Å². The number of rotatable bonds is 5. The number of amides is 1. The fraction of sp³-hybridized carbons (Fsp3) is 0.333. The number of nitrogens with zero attached hydrogens (tertiary/aromatic N) is 4. The largest absolute Gasteiger partial charge is 0.495 e. The van der Waals surface area contributed by atoms with Crippen LogP contribution in [0.3, 0.4) is 0 Å². The highest BCUT2D eigenvalue weighted by atomic mass is 19.1. The maximum atomic E-state index is 13.3. The number of methoxy groups -OCH3 is 1. The molecular formula is C24H27FN4O2. The van der Waals surface area contributed by atoms with Crippen LogP contribution in [0.2, 0.25) is 0 Å². The summed E-state index contributed by atoms with van der Waals surface area (Å²) in [5, 5.41) is 4.58. The van der Waals surface area contributed by atoms with Gasteiger partial charge in [0.25, 0.3) is 0 Å². The van der Waals surface area contributed by atoms with Gasteiger partial charge in [-0.25, -0.2) is 9.07 Å². The monoisotopic (exact) mass is 422 g/mol. The highest BCUT2D eigenvalue weighted by Gasteiger charge is 2.25. The zero-order chi connectivity index (χ0) is 22.0. The minimum absolute atomic E-state index is 0.101. The van der Waals surface area contributed by atoms with Gasteiger partial charge in [-0.15, -0.1) is 0 Å². The molecule has 162 valence electrons. The first-order chi connectivity index (χ1) is 15.0. The first kappa shape index (κ1) is 20.9. The summed E-state index contributed by atoms with van der Waals surface area (Å²) in [5.41, 5.74) is 4.50. The van der Waals surface area contributed by atoms with Gasteiger partial charge in [0.2, 0.25) is 5.91 Å². The Bertz CT molecular complexity index is 1070. The van der Waals surface area contributed by atoms with Crippen LogP contribution >= 0.6 is 0 Å². The number of aromatic nitrogens is 2. The Kier molecular flexibility index (Phi) is 5.93. The molecule has 1 fully saturated rings. The predicted molar refractivity (Wildman–Crippen MR) is 118 cm³/mol. The lowest BCUT2D eigenvalue weighted by Crippen LogP contribution is -2.49. The number of aryl methyl sites for hydroxylation is 1. The second-order valence-corrected chi connectivity index (χ2v) is 7.75. The van der Waals surface area contributed by atoms with Crippen molar-refractivity contribution in [1.29, 1.82) is 0 Å². The Morgan fingerprint density at radius 1 is 1.03 bits per heavy atom. The van der Waals surface area contributed by atoms with Crippen LogP contribution in [0.4, 0.5) is 10.1 Å². The molecule has 0 spiro atoms. The van der Waals surface area contributed by atoms with E-state index in [0.717, 1.165) is 47.2 Å². The maximum Gasteiger partial charge on any atom is 0.227 e. The fourth-order valence-electron chi connectivity index (χ4n) is 4.12. The average molecular weight is 423 g/mol. The van der Waals surface area contributed by atoms with Gasteiger partial charge in [0.05, 0.1) is 30.6 Å². The lowest BCUT2D eigenvalue weighted by atomic mass is 10.1. The third-order valence-electron chi connectivity index (χ3n) is 5.90. The van der Waals surface area contributed by atoms with Crippen molar-refractivity contribution >= 4 is 11.6 Å². The molecule has 4 rings (SSSR count). The Labute approximate surface area is 181 Å². The van der Waals surface area contributed by atoms with Crippen LogP contribution < -0.4 is 9.64 Å². The van der Waals surface area contributed by atoms with Crippen LogP contribution in [0.15, 0.2) is 48.5 Å². The van der Waals surface area contributed by atoms with Gasteiger partial charge in [0.15, 0.2) is 0 Å². The van der Waals surface area contributed by atoms with Crippen molar-refractivity contribution in [3.05, 3.63) is 71.3 Å². The van der Waals surface area contributed by atoms with E-state index in [0.29, 0.717) is 19.5 Å². The van der Waals surface area contributed by atoms with Gasteiger partial charge in [-0.05, 0) is 50.2 Å². The number of piperazine rings is 1. The van der Waals surface area contributed by atoms with Crippen LogP contribution in [-0.4, -0.2) is 53.9 Å². The molecule has 0 unspecified atom stereocenters. The van der Waals surface area contributed by atoms with Crippen molar-refractivity contribution in [2.45, 2.75) is 20.3 Å². The summed E-state index contributed by atoms with van der Waals surface area (Å²) in [5.74, 6) is 0.666. The molecule has 1 aliphatic rings. The highest BCUT2D eigenvalue weighted by molar-refractivity contribution is 5.79. The zero-order valence-electron chi connectivity index (χ0n) is 18.1. The number of carbonyl (C=O) groups is 1. The van der Waals surface area contributed by atoms with Gasteiger partial charge >= 0.3 is 0 Å². The van der Waals surface area contributed by atoms with Crippen molar-refractivity contribution in [2.24, 2.45) is 0 Å². The standard InChI is InChI=1S/C24H27FN4O2/c1-17-21(18(2)29(26-17)20-10-8-19(25)9-11-20)16-24(30)28-14-12-27(13-15-28)22-6-4-5-7-23(22)31-3/h4-11H,12-16H2,1-3H3. The van der Waals surface area contributed by atoms with Gasteiger partial charge < -0.3 is 14.5 Å². The van der Waals surface area contributed by atoms with E-state index in [1.165, 1.54) is 12.1 Å². The molecule has 0 bridgehead atoms. The highest BCUT2D eigenvalue weighted by Crippen LogP contribution is 2.28. The molecule has 2 aromatic carbocycles. The Morgan fingerprint density at radius 3 is 2.39 bits per heavy atom. The average Bonchev–Trinajstić information content (AvgIpc) is 3.08. The van der Waals surface area contributed by atoms with E-state index in [2.05, 4.69) is 10.00 Å². The van der Waals surface area contributed by atoms with E-state index < -0.39 is 0 Å². The summed E-state index contributed by atoms with van der Waals surface area (Å²) < 4.78 is 20.5. The fourth-order valence-corrected chi connectivity index (χ4v) is 4.12. The molecule has 3 aromatic rings. The van der Waals surface area contributed by atoms with E-state index in [1.54, 1.807) is 23.9 Å². The van der Waals surface area contributed by atoms with Crippen LogP contribution in [0, 0.1) is 19.7 Å². The topological polar surface area (TPSA) is 50.6 Å². The van der Waals surface area contributed by atoms with Gasteiger partial charge in [0.1, 0.15) is 11.6 Å². The predicted octanol–water partition coefficient (Wildman–Crippen LogP) is 3.53. The zero-order valence-corrected chi connectivity index (χ0v) is 18.1. The van der Waals surface area contributed by atoms with Crippen LogP contribution in [0.5, 0.6) is 5.75 Å². The summed E-state index contributed by atoms with van der Waals surface area (Å²) in [4.78, 5) is 17.2. The van der Waals surface area contributed by atoms with E-state index >= 15 is 0 Å². The Morgan fingerprint density at radius 2 is 1.71 bits per heavy atom. The number of hydrogen-bond acceptors (Lipinski definition) is 4. The molecular weight excluding hydrogens is 395 g/mol. The maximum absolute atomic E-state index is 13.3. The van der Waals surface area contributed by atoms with Crippen molar-refractivity contribution in [1.82, 2.24) is 14.7 Å². The third kappa shape index (κ3) is 4.26. The summed E-state index contributed by atoms with van der Waals surface area (Å²) in [6.07, 6.45) is 0.313. The summed E-state index contributed by atoms with van der Waals surface area (Å²) in [7, 11) is 1.68. The summed E-state index contributed by atoms with van der Waals surface area (Å²) in [6, 6.07) is 14.2. The van der Waals surface area contributed by atoms with E-state index in [4.69, 9.17) is 4.74 Å². The van der Waals surface area contributed by atoms with Crippen LogP contribution in [-0.2, 0) is 11.2 Å². The van der Waals surface area contributed by atoms with E-state index in [-0.39, 0.29) is 11.7 Å². The molecule has 0 aliphatic carbocycles. The van der Waals surface area contributed by atoms with E-state index in [1.807, 2.05) is 43.0 Å². The summed E-state index contributed by atoms with van der Waals surface area (Å²) in [6.45, 7) is 6.72. The number of hydrogen-bond donors (Lipinski definition) is 0. The van der Waals surface area contributed by atoms with Crippen molar-refractivity contribution in [3.8, 4) is 11.4 Å². The number of halogens is 1. The Hall–Kier alpha value is -3.35. The first-order valence-corrected chi connectivity index (χ1v) is 10.4. The van der Waals surface area contributed by atoms with Crippen molar-refractivity contribution in [3.63, 3.8) is 0 Å². The first-order valence-electron chi connectivity index (χ1n) is 10.4. The number of para-hydroxylation sites is 2. The van der Waals surface area contributed by atoms with Crippen molar-refractivity contribution in [2.75, 3.05) is 38.2 Å². The molecule has 1 aromatic heterocycles. The number of benzene rings is 2. The van der Waals surface area contributed by atoms with Crippen LogP contribution in [0.25, 0.3) is 5.69 Å². The normalized spacial score (nSPS) is 14.1. The molecule has 31 heavy (non-hydrogen) atoms. The van der Waals surface area contributed by atoms with Gasteiger partial charge in [-0.2, -0.15) is 5.10 Å². The quantitative estimate of drug-likeness (QED) is 0.631. The minimum Gasteiger partial charge on any atom is -0.495 e. The number of ether oxygens (including phenoxy) is 1. The SMILES string of the molecule is COc1ccccc1N1CCN(C(=O)Cc2c(C)nn(-c3ccc(F)cc3)c2C)CC1. The van der Waals surface area contributed by atoms with E-state index in [9.17, 15) is 9.18 Å². The van der Waals surface area contributed by atoms with Gasteiger partial charge in [-0.1, -0.05) is 12.1 Å². The molecule has 2 heterocycles. The molecule has 6 nitrogen and oxygen atoms in total. The minimum atomic E-state index is -0.284. The molecule has 1 saturated heterocycles. The van der Waals surface area contributed by atoms with Crippen LogP contribution in [0.1, 0.15) is 17.0 Å². The smallest absolute Gasteiger partial charge is 0.227 e. The van der Waals surface area contributed by atoms with Gasteiger partial charge in [0, 0.05) is 37.4 Å². The number of anilines is 1. The molecule has 0 saturated carbocycles. The molecule has 7 heteroatoms. The lowest BCUT2D eigenvalue weighted by Gasteiger charge is -2.36. The van der Waals surface area contributed by atoms with Gasteiger partial charge in [-0.3, -0.25) is 4.79 Å². The Balaban J connectivity index is 1.43. The third-order valence-corrected chi connectivity index (χ3v) is 5.90. The second-order valence-electron chi connectivity index (χ2n) is 7.75. The molecule has 1 amide bonds. The second kappa shape index (κ2) is 8.79. The summed E-state index contributed by atoms with van der Waals surface area (Å²) >= 11 is 0. The molecule has 0 atom stereocenters. The molecule has 0 N–H and O–H groups in total.